The van der Waals surface area contributed by atoms with E-state index in [4.69, 9.17) is 0 Å². The van der Waals surface area contributed by atoms with Gasteiger partial charge in [-0.15, -0.1) is 0 Å². The van der Waals surface area contributed by atoms with Crippen LogP contribution in [0.15, 0.2) is 24.3 Å². The van der Waals surface area contributed by atoms with Crippen LogP contribution in [-0.4, -0.2) is 5.91 Å². The summed E-state index contributed by atoms with van der Waals surface area (Å²) in [6.07, 6.45) is 0.538. The molecule has 1 aromatic rings. The Hall–Kier alpha value is -1.31. The van der Waals surface area contributed by atoms with E-state index in [1.54, 1.807) is 0 Å². The molecule has 2 nitrogen and oxygen atoms in total. The zero-order valence-electron chi connectivity index (χ0n) is 8.13. The third-order valence-electron chi connectivity index (χ3n) is 1.95. The molecule has 1 aromatic carbocycles. The Morgan fingerprint density at radius 2 is 1.77 bits per heavy atom. The molecule has 0 bridgehead atoms. The number of carbonyl (C=O) groups excluding carboxylic acids is 1. The molecular weight excluding hydrogens is 162 g/mol. The molecule has 13 heavy (non-hydrogen) atoms. The first kappa shape index (κ1) is 9.78. The molecular formula is C11H15NO. The molecule has 0 unspecified atom stereocenters. The molecule has 0 aromatic heterocycles. The van der Waals surface area contributed by atoms with Crippen LogP contribution in [0.1, 0.15) is 25.0 Å². The van der Waals surface area contributed by atoms with Gasteiger partial charge in [-0.2, -0.15) is 0 Å². The van der Waals surface area contributed by atoms with Gasteiger partial charge in [-0.1, -0.05) is 38.1 Å². The molecule has 0 spiro atoms. The van der Waals surface area contributed by atoms with Crippen molar-refractivity contribution in [1.29, 1.82) is 0 Å². The van der Waals surface area contributed by atoms with Crippen molar-refractivity contribution in [1.82, 2.24) is 5.32 Å². The molecule has 1 aliphatic rings. The second kappa shape index (κ2) is 4.65. The smallest absolute Gasteiger partial charge is 0.224 e. The summed E-state index contributed by atoms with van der Waals surface area (Å²) in [5.41, 5.74) is 2.41. The van der Waals surface area contributed by atoms with Crippen molar-refractivity contribution < 1.29 is 4.79 Å². The Labute approximate surface area is 79.0 Å². The maximum atomic E-state index is 10.9. The van der Waals surface area contributed by atoms with Gasteiger partial charge in [0.05, 0.1) is 6.42 Å². The van der Waals surface area contributed by atoms with Crippen molar-refractivity contribution in [2.45, 2.75) is 26.8 Å². The quantitative estimate of drug-likeness (QED) is 0.644. The standard InChI is InChI=1S/C9H9NO.C2H6/c11-9-5-7-3-1-2-4-8(7)6-10-9;1-2/h1-4H,5-6H2,(H,10,11);1-2H3. The first-order valence-electron chi connectivity index (χ1n) is 4.70. The molecule has 0 radical (unpaired) electrons. The van der Waals surface area contributed by atoms with E-state index in [1.165, 1.54) is 5.56 Å². The monoisotopic (exact) mass is 177 g/mol. The van der Waals surface area contributed by atoms with Crippen molar-refractivity contribution in [3.05, 3.63) is 35.4 Å². The molecule has 1 amide bonds. The van der Waals surface area contributed by atoms with Crippen LogP contribution in [0.5, 0.6) is 0 Å². The molecule has 2 heteroatoms. The largest absolute Gasteiger partial charge is 0.352 e. The summed E-state index contributed by atoms with van der Waals surface area (Å²) in [6.45, 7) is 4.69. The zero-order chi connectivity index (χ0) is 9.68. The van der Waals surface area contributed by atoms with E-state index in [2.05, 4.69) is 11.4 Å². The number of carbonyl (C=O) groups is 1. The summed E-state index contributed by atoms with van der Waals surface area (Å²) < 4.78 is 0. The van der Waals surface area contributed by atoms with Gasteiger partial charge in [0, 0.05) is 6.54 Å². The Bertz CT molecular complexity index is 294. The number of benzene rings is 1. The SMILES string of the molecule is CC.O=C1Cc2ccccc2CN1. The molecule has 0 saturated heterocycles. The van der Waals surface area contributed by atoms with E-state index in [9.17, 15) is 4.79 Å². The van der Waals surface area contributed by atoms with Gasteiger partial charge in [0.25, 0.3) is 0 Å². The topological polar surface area (TPSA) is 29.1 Å². The summed E-state index contributed by atoms with van der Waals surface area (Å²) >= 11 is 0. The van der Waals surface area contributed by atoms with Crippen LogP contribution in [0.3, 0.4) is 0 Å². The third-order valence-corrected chi connectivity index (χ3v) is 1.95. The molecule has 0 saturated carbocycles. The van der Waals surface area contributed by atoms with Gasteiger partial charge in [0.15, 0.2) is 0 Å². The fourth-order valence-corrected chi connectivity index (χ4v) is 1.33. The molecule has 0 atom stereocenters. The van der Waals surface area contributed by atoms with Crippen LogP contribution in [0.25, 0.3) is 0 Å². The van der Waals surface area contributed by atoms with Crippen molar-refractivity contribution in [2.75, 3.05) is 0 Å². The molecule has 70 valence electrons. The Kier molecular flexibility index (Phi) is 3.50. The Morgan fingerprint density at radius 3 is 2.46 bits per heavy atom. The first-order chi connectivity index (χ1) is 6.36. The van der Waals surface area contributed by atoms with E-state index in [-0.39, 0.29) is 5.91 Å². The molecule has 1 aliphatic heterocycles. The summed E-state index contributed by atoms with van der Waals surface area (Å²) in [5.74, 6) is 0.128. The molecule has 0 aliphatic carbocycles. The van der Waals surface area contributed by atoms with Gasteiger partial charge < -0.3 is 5.32 Å². The van der Waals surface area contributed by atoms with Gasteiger partial charge in [-0.05, 0) is 11.1 Å². The van der Waals surface area contributed by atoms with Gasteiger partial charge in [0.1, 0.15) is 0 Å². The van der Waals surface area contributed by atoms with Gasteiger partial charge >= 0.3 is 0 Å². The van der Waals surface area contributed by atoms with E-state index in [1.807, 2.05) is 32.0 Å². The highest BCUT2D eigenvalue weighted by molar-refractivity contribution is 5.80. The average Bonchev–Trinajstić information content (AvgIpc) is 2.21. The second-order valence-electron chi connectivity index (χ2n) is 2.72. The molecule has 2 rings (SSSR count). The third kappa shape index (κ3) is 2.31. The maximum Gasteiger partial charge on any atom is 0.224 e. The Balaban J connectivity index is 0.000000396. The number of fused-ring (bicyclic) bond motifs is 1. The minimum absolute atomic E-state index is 0.128. The lowest BCUT2D eigenvalue weighted by molar-refractivity contribution is -0.121. The lowest BCUT2D eigenvalue weighted by Crippen LogP contribution is -2.29. The summed E-state index contributed by atoms with van der Waals surface area (Å²) in [4.78, 5) is 10.9. The van der Waals surface area contributed by atoms with Crippen LogP contribution in [0.2, 0.25) is 0 Å². The van der Waals surface area contributed by atoms with Crippen LogP contribution in [0, 0.1) is 0 Å². The fraction of sp³-hybridized carbons (Fsp3) is 0.364. The normalized spacial score (nSPS) is 13.5. The van der Waals surface area contributed by atoms with Gasteiger partial charge in [0.2, 0.25) is 5.91 Å². The highest BCUT2D eigenvalue weighted by Crippen LogP contribution is 2.12. The highest BCUT2D eigenvalue weighted by Gasteiger charge is 2.12. The van der Waals surface area contributed by atoms with Crippen molar-refractivity contribution in [2.24, 2.45) is 0 Å². The van der Waals surface area contributed by atoms with Gasteiger partial charge in [-0.3, -0.25) is 4.79 Å². The number of amides is 1. The van der Waals surface area contributed by atoms with Crippen LogP contribution < -0.4 is 5.32 Å². The van der Waals surface area contributed by atoms with E-state index in [0.29, 0.717) is 13.0 Å². The fourth-order valence-electron chi connectivity index (χ4n) is 1.33. The molecule has 0 fully saturated rings. The number of nitrogens with one attached hydrogen (secondary N) is 1. The zero-order valence-corrected chi connectivity index (χ0v) is 8.13. The van der Waals surface area contributed by atoms with E-state index < -0.39 is 0 Å². The maximum absolute atomic E-state index is 10.9. The predicted molar refractivity (Wildman–Crippen MR) is 53.3 cm³/mol. The van der Waals surface area contributed by atoms with Crippen molar-refractivity contribution in [3.8, 4) is 0 Å². The summed E-state index contributed by atoms with van der Waals surface area (Å²) in [5, 5.41) is 2.80. The minimum atomic E-state index is 0.128. The lowest BCUT2D eigenvalue weighted by atomic mass is 10.0. The lowest BCUT2D eigenvalue weighted by Gasteiger charge is -2.15. The second-order valence-corrected chi connectivity index (χ2v) is 2.72. The molecule has 1 heterocycles. The number of hydrogen-bond acceptors (Lipinski definition) is 1. The van der Waals surface area contributed by atoms with E-state index in [0.717, 1.165) is 5.56 Å². The predicted octanol–water partition coefficient (Wildman–Crippen LogP) is 1.89. The average molecular weight is 177 g/mol. The van der Waals surface area contributed by atoms with Crippen molar-refractivity contribution in [3.63, 3.8) is 0 Å². The van der Waals surface area contributed by atoms with Gasteiger partial charge in [-0.25, -0.2) is 0 Å². The van der Waals surface area contributed by atoms with Crippen LogP contribution >= 0.6 is 0 Å². The first-order valence-corrected chi connectivity index (χ1v) is 4.70. The van der Waals surface area contributed by atoms with Crippen LogP contribution in [-0.2, 0) is 17.8 Å². The van der Waals surface area contributed by atoms with Crippen LogP contribution in [0.4, 0.5) is 0 Å². The summed E-state index contributed by atoms with van der Waals surface area (Å²) in [7, 11) is 0. The van der Waals surface area contributed by atoms with Crippen molar-refractivity contribution >= 4 is 5.91 Å². The minimum Gasteiger partial charge on any atom is -0.352 e. The summed E-state index contributed by atoms with van der Waals surface area (Å²) in [6, 6.07) is 8.02. The number of hydrogen-bond donors (Lipinski definition) is 1. The molecule has 1 N–H and O–H groups in total. The highest BCUT2D eigenvalue weighted by atomic mass is 16.1. The van der Waals surface area contributed by atoms with E-state index >= 15 is 0 Å². The number of rotatable bonds is 0. The Morgan fingerprint density at radius 1 is 1.15 bits per heavy atom.